The van der Waals surface area contributed by atoms with Crippen molar-refractivity contribution in [2.24, 2.45) is 0 Å². The number of aromatic amines is 1. The minimum Gasteiger partial charge on any atom is -0.507 e. The van der Waals surface area contributed by atoms with E-state index in [1.807, 2.05) is 0 Å². The van der Waals surface area contributed by atoms with E-state index in [1.165, 1.54) is 6.20 Å². The summed E-state index contributed by atoms with van der Waals surface area (Å²) < 4.78 is 0. The molecule has 18 heavy (non-hydrogen) atoms. The quantitative estimate of drug-likeness (QED) is 0.715. The SMILES string of the molecule is O=C(Nc1cccnc1Cl)c1c[nH]c(=O)cc1O. The first-order valence-electron chi connectivity index (χ1n) is 4.91. The van der Waals surface area contributed by atoms with Gasteiger partial charge in [0.1, 0.15) is 5.75 Å². The van der Waals surface area contributed by atoms with E-state index in [9.17, 15) is 14.7 Å². The monoisotopic (exact) mass is 265 g/mol. The number of H-pyrrole nitrogens is 1. The van der Waals surface area contributed by atoms with Gasteiger partial charge in [-0.1, -0.05) is 11.6 Å². The number of aromatic hydroxyl groups is 1. The van der Waals surface area contributed by atoms with Gasteiger partial charge < -0.3 is 15.4 Å². The highest BCUT2D eigenvalue weighted by molar-refractivity contribution is 6.32. The van der Waals surface area contributed by atoms with Crippen LogP contribution >= 0.6 is 11.6 Å². The zero-order valence-electron chi connectivity index (χ0n) is 8.98. The van der Waals surface area contributed by atoms with Crippen LogP contribution in [0.3, 0.4) is 0 Å². The molecule has 92 valence electrons. The van der Waals surface area contributed by atoms with Gasteiger partial charge in [-0.2, -0.15) is 0 Å². The zero-order valence-corrected chi connectivity index (χ0v) is 9.73. The molecule has 2 aromatic heterocycles. The average Bonchev–Trinajstić information content (AvgIpc) is 2.32. The van der Waals surface area contributed by atoms with Crippen LogP contribution < -0.4 is 10.9 Å². The molecular weight excluding hydrogens is 258 g/mol. The Balaban J connectivity index is 2.28. The molecule has 0 saturated heterocycles. The van der Waals surface area contributed by atoms with Crippen molar-refractivity contribution < 1.29 is 9.90 Å². The van der Waals surface area contributed by atoms with Gasteiger partial charge in [0.25, 0.3) is 11.5 Å². The van der Waals surface area contributed by atoms with Crippen molar-refractivity contribution >= 4 is 23.2 Å². The fourth-order valence-corrected chi connectivity index (χ4v) is 1.48. The normalized spacial score (nSPS) is 10.1. The maximum Gasteiger partial charge on any atom is 0.260 e. The number of rotatable bonds is 2. The lowest BCUT2D eigenvalue weighted by Gasteiger charge is -2.06. The van der Waals surface area contributed by atoms with Gasteiger partial charge in [-0.15, -0.1) is 0 Å². The minimum absolute atomic E-state index is 0.0606. The Morgan fingerprint density at radius 1 is 1.50 bits per heavy atom. The highest BCUT2D eigenvalue weighted by Crippen LogP contribution is 2.20. The van der Waals surface area contributed by atoms with Crippen molar-refractivity contribution in [1.82, 2.24) is 9.97 Å². The molecular formula is C11H8ClN3O3. The number of carbonyl (C=O) groups excluding carboxylic acids is 1. The first kappa shape index (κ1) is 12.1. The van der Waals surface area contributed by atoms with Crippen LogP contribution in [0.4, 0.5) is 5.69 Å². The van der Waals surface area contributed by atoms with Gasteiger partial charge in [0.15, 0.2) is 5.15 Å². The summed E-state index contributed by atoms with van der Waals surface area (Å²) in [5, 5.41) is 12.1. The number of anilines is 1. The summed E-state index contributed by atoms with van der Waals surface area (Å²) in [5.41, 5.74) is -0.243. The first-order chi connectivity index (χ1) is 8.58. The van der Waals surface area contributed by atoms with Crippen LogP contribution in [0.25, 0.3) is 0 Å². The number of aromatic nitrogens is 2. The zero-order chi connectivity index (χ0) is 13.1. The van der Waals surface area contributed by atoms with E-state index in [4.69, 9.17) is 11.6 Å². The van der Waals surface area contributed by atoms with Gasteiger partial charge in [-0.3, -0.25) is 9.59 Å². The Labute approximate surface area is 106 Å². The van der Waals surface area contributed by atoms with Crippen LogP contribution in [-0.4, -0.2) is 21.0 Å². The molecule has 0 fully saturated rings. The maximum atomic E-state index is 11.8. The molecule has 0 aliphatic carbocycles. The molecule has 0 bridgehead atoms. The summed E-state index contributed by atoms with van der Waals surface area (Å²) in [6.45, 7) is 0. The van der Waals surface area contributed by atoms with E-state index in [-0.39, 0.29) is 10.7 Å². The average molecular weight is 266 g/mol. The summed E-state index contributed by atoms with van der Waals surface area (Å²) >= 11 is 5.77. The van der Waals surface area contributed by atoms with E-state index in [2.05, 4.69) is 15.3 Å². The van der Waals surface area contributed by atoms with Crippen molar-refractivity contribution in [1.29, 1.82) is 0 Å². The van der Waals surface area contributed by atoms with E-state index in [1.54, 1.807) is 12.1 Å². The Morgan fingerprint density at radius 3 is 2.94 bits per heavy atom. The summed E-state index contributed by atoms with van der Waals surface area (Å²) in [6, 6.07) is 4.09. The van der Waals surface area contributed by atoms with E-state index in [0.717, 1.165) is 12.3 Å². The molecule has 1 amide bonds. The summed E-state index contributed by atoms with van der Waals surface area (Å²) in [4.78, 5) is 28.8. The molecule has 2 aromatic rings. The Bertz CT molecular complexity index is 654. The molecule has 7 heteroatoms. The van der Waals surface area contributed by atoms with Crippen molar-refractivity contribution in [3.63, 3.8) is 0 Å². The fraction of sp³-hybridized carbons (Fsp3) is 0. The second-order valence-electron chi connectivity index (χ2n) is 3.39. The number of carbonyl (C=O) groups is 1. The highest BCUT2D eigenvalue weighted by Gasteiger charge is 2.13. The number of hydrogen-bond donors (Lipinski definition) is 3. The summed E-state index contributed by atoms with van der Waals surface area (Å²) in [5.74, 6) is -1.00. The van der Waals surface area contributed by atoms with Gasteiger partial charge in [0.2, 0.25) is 0 Å². The Morgan fingerprint density at radius 2 is 2.28 bits per heavy atom. The van der Waals surface area contributed by atoms with E-state index < -0.39 is 17.2 Å². The highest BCUT2D eigenvalue weighted by atomic mass is 35.5. The van der Waals surface area contributed by atoms with Crippen LogP contribution in [0.15, 0.2) is 35.4 Å². The molecule has 0 radical (unpaired) electrons. The predicted molar refractivity (Wildman–Crippen MR) is 65.9 cm³/mol. The van der Waals surface area contributed by atoms with Gasteiger partial charge >= 0.3 is 0 Å². The molecule has 0 aliphatic heterocycles. The third-order valence-corrected chi connectivity index (χ3v) is 2.46. The van der Waals surface area contributed by atoms with Crippen LogP contribution in [0.2, 0.25) is 5.15 Å². The third kappa shape index (κ3) is 2.49. The molecule has 2 heterocycles. The molecule has 0 saturated carbocycles. The number of amides is 1. The van der Waals surface area contributed by atoms with Gasteiger partial charge in [-0.05, 0) is 12.1 Å². The number of hydrogen-bond acceptors (Lipinski definition) is 4. The van der Waals surface area contributed by atoms with Crippen LogP contribution in [0.1, 0.15) is 10.4 Å². The molecule has 2 rings (SSSR count). The third-order valence-electron chi connectivity index (χ3n) is 2.15. The lowest BCUT2D eigenvalue weighted by molar-refractivity contribution is 0.102. The Kier molecular flexibility index (Phi) is 3.29. The smallest absolute Gasteiger partial charge is 0.260 e. The first-order valence-corrected chi connectivity index (χ1v) is 5.29. The molecule has 6 nitrogen and oxygen atoms in total. The Hall–Kier alpha value is -2.34. The van der Waals surface area contributed by atoms with Crippen LogP contribution in [0, 0.1) is 0 Å². The summed E-state index contributed by atoms with van der Waals surface area (Å²) in [7, 11) is 0. The molecule has 3 N–H and O–H groups in total. The number of pyridine rings is 2. The maximum absolute atomic E-state index is 11.8. The number of halogens is 1. The van der Waals surface area contributed by atoms with Gasteiger partial charge in [-0.25, -0.2) is 4.98 Å². The van der Waals surface area contributed by atoms with Crippen LogP contribution in [0.5, 0.6) is 5.75 Å². The van der Waals surface area contributed by atoms with Crippen molar-refractivity contribution in [3.8, 4) is 5.75 Å². The number of nitrogens with zero attached hydrogens (tertiary/aromatic N) is 1. The van der Waals surface area contributed by atoms with Gasteiger partial charge in [0.05, 0.1) is 11.3 Å². The lowest BCUT2D eigenvalue weighted by Crippen LogP contribution is -2.15. The van der Waals surface area contributed by atoms with Gasteiger partial charge in [0, 0.05) is 18.5 Å². The predicted octanol–water partition coefficient (Wildman–Crippen LogP) is 1.38. The van der Waals surface area contributed by atoms with Crippen molar-refractivity contribution in [2.45, 2.75) is 0 Å². The van der Waals surface area contributed by atoms with Crippen LogP contribution in [-0.2, 0) is 0 Å². The molecule has 0 spiro atoms. The van der Waals surface area contributed by atoms with E-state index in [0.29, 0.717) is 5.69 Å². The molecule has 0 aliphatic rings. The second kappa shape index (κ2) is 4.89. The standard InChI is InChI=1S/C11H8ClN3O3/c12-10-7(2-1-3-13-10)15-11(18)6-5-14-9(17)4-8(6)16/h1-5H,(H,15,18)(H2,14,16,17). The lowest BCUT2D eigenvalue weighted by atomic mass is 10.2. The minimum atomic E-state index is -0.598. The molecule has 0 aromatic carbocycles. The fourth-order valence-electron chi connectivity index (χ4n) is 1.31. The largest absolute Gasteiger partial charge is 0.507 e. The second-order valence-corrected chi connectivity index (χ2v) is 3.75. The topological polar surface area (TPSA) is 95.1 Å². The van der Waals surface area contributed by atoms with E-state index >= 15 is 0 Å². The van der Waals surface area contributed by atoms with Crippen molar-refractivity contribution in [3.05, 3.63) is 51.7 Å². The van der Waals surface area contributed by atoms with Crippen molar-refractivity contribution in [2.75, 3.05) is 5.32 Å². The molecule has 0 unspecified atom stereocenters. The molecule has 0 atom stereocenters. The number of nitrogens with one attached hydrogen (secondary N) is 2. The summed E-state index contributed by atoms with van der Waals surface area (Å²) in [6.07, 6.45) is 2.60.